The van der Waals surface area contributed by atoms with E-state index < -0.39 is 0 Å². The molecule has 0 atom stereocenters. The molecule has 4 amide bonds. The van der Waals surface area contributed by atoms with E-state index in [-0.39, 0.29) is 40.4 Å². The number of anilines is 6. The third-order valence-electron chi connectivity index (χ3n) is 14.7. The molecule has 0 radical (unpaired) electrons. The highest BCUT2D eigenvalue weighted by Crippen LogP contribution is 2.34. The van der Waals surface area contributed by atoms with Gasteiger partial charge < -0.3 is 41.9 Å². The van der Waals surface area contributed by atoms with Crippen molar-refractivity contribution < 1.29 is 24.3 Å². The van der Waals surface area contributed by atoms with Crippen molar-refractivity contribution in [3.05, 3.63) is 301 Å². The third-order valence-corrected chi connectivity index (χ3v) is 17.0. The number of aliphatic hydroxyl groups excluding tert-OH is 1. The smallest absolute Gasteiger partial charge is 0.257 e. The molecular weight excluding hydrogens is 1450 g/mol. The second-order valence-electron chi connectivity index (χ2n) is 22.4. The van der Waals surface area contributed by atoms with Crippen LogP contribution >= 0.6 is 81.2 Å². The van der Waals surface area contributed by atoms with Crippen molar-refractivity contribution in [1.29, 1.82) is 0 Å². The Morgan fingerprint density at radius 2 is 0.757 bits per heavy atom. The Hall–Kier alpha value is -10.4. The zero-order valence-electron chi connectivity index (χ0n) is 55.4. The number of carbonyl (C=O) groups excluding carboxylic acids is 4. The Morgan fingerprint density at radius 3 is 1.11 bits per heavy atom. The zero-order chi connectivity index (χ0) is 73.2. The molecule has 7 N–H and O–H groups in total. The molecule has 0 aliphatic rings. The quantitative estimate of drug-likeness (QED) is 0.0350. The summed E-state index contributed by atoms with van der Waals surface area (Å²) >= 11 is 42.8. The molecule has 0 bridgehead atoms. The molecule has 12 rings (SSSR count). The number of pyridine rings is 7. The number of hydrogen-bond donors (Lipinski definition) is 7. The molecule has 5 aromatic carbocycles. The first-order valence-corrected chi connectivity index (χ1v) is 34.3. The van der Waals surface area contributed by atoms with E-state index in [1.807, 2.05) is 123 Å². The number of hydrogen-bond acceptors (Lipinski definition) is 15. The number of aryl methyl sites for hydroxylation is 1. The number of benzene rings is 5. The number of aliphatic hydroxyl groups is 1. The largest absolute Gasteiger partial charge is 0.395 e. The van der Waals surface area contributed by atoms with Crippen molar-refractivity contribution in [2.24, 2.45) is 0 Å². The van der Waals surface area contributed by atoms with E-state index in [4.69, 9.17) is 86.3 Å². The van der Waals surface area contributed by atoms with Crippen LogP contribution in [0.25, 0.3) is 45.0 Å². The van der Waals surface area contributed by atoms with Crippen LogP contribution in [0.1, 0.15) is 53.9 Å². The highest BCUT2D eigenvalue weighted by Gasteiger charge is 2.17. The average Bonchev–Trinajstić information content (AvgIpc) is 0.843. The minimum absolute atomic E-state index is 0.0462. The molecule has 19 nitrogen and oxygen atoms in total. The van der Waals surface area contributed by atoms with E-state index in [0.29, 0.717) is 88.2 Å². The minimum Gasteiger partial charge on any atom is -0.395 e. The van der Waals surface area contributed by atoms with E-state index >= 15 is 0 Å². The fourth-order valence-electron chi connectivity index (χ4n) is 9.44. The number of aromatic nitrogens is 7. The lowest BCUT2D eigenvalue weighted by Gasteiger charge is -2.11. The van der Waals surface area contributed by atoms with Gasteiger partial charge in [0, 0.05) is 114 Å². The van der Waals surface area contributed by atoms with Gasteiger partial charge in [-0.15, -0.1) is 0 Å². The second-order valence-corrected chi connectivity index (χ2v) is 25.2. The van der Waals surface area contributed by atoms with Gasteiger partial charge in [0.05, 0.1) is 76.2 Å². The number of rotatable bonds is 20. The Labute approximate surface area is 630 Å². The topological polar surface area (TPSA) is 254 Å². The first-order valence-electron chi connectivity index (χ1n) is 31.7. The highest BCUT2D eigenvalue weighted by molar-refractivity contribution is 6.41. The van der Waals surface area contributed by atoms with Crippen molar-refractivity contribution >= 4 is 139 Å². The SMILES string of the molecule is CCc1ccc(C(=O)Nc2ccc(Cl)c(-c3ccccn3)c2)cc1.CN(C)CCNc1ccc(C(=O)Nc2ccc(Cl)c(-c3ccccn3)c2)cn1.O=C(Nc1ccc(Cl)c(-c2ccccn2)c1)c1cnc(Cl)c(Cl)c1.O=C(Nc1ccc(Cl)c(-c2ccccn2)c1)c1cnc(NCCO)c(Cl)c1. The van der Waals surface area contributed by atoms with Gasteiger partial charge in [-0.2, -0.15) is 0 Å². The van der Waals surface area contributed by atoms with Gasteiger partial charge in [0.2, 0.25) is 0 Å². The summed E-state index contributed by atoms with van der Waals surface area (Å²) in [6, 6.07) is 57.5. The number of carbonyl (C=O) groups is 4. The maximum atomic E-state index is 12.5. The number of nitrogens with zero attached hydrogens (tertiary/aromatic N) is 8. The summed E-state index contributed by atoms with van der Waals surface area (Å²) in [5.41, 5.74) is 11.3. The predicted molar refractivity (Wildman–Crippen MR) is 417 cm³/mol. The first-order chi connectivity index (χ1) is 49.8. The number of likely N-dealkylation sites (N-methyl/N-ethyl adjacent to an activating group) is 1. The monoisotopic (exact) mass is 1510 g/mol. The average molecular weight is 1510 g/mol. The first kappa shape index (κ1) is 76.8. The summed E-state index contributed by atoms with van der Waals surface area (Å²) in [5.74, 6) is 0.0601. The Bertz CT molecular complexity index is 4850. The summed E-state index contributed by atoms with van der Waals surface area (Å²) in [6.07, 6.45) is 12.1. The summed E-state index contributed by atoms with van der Waals surface area (Å²) in [7, 11) is 4.02. The van der Waals surface area contributed by atoms with Gasteiger partial charge in [-0.1, -0.05) is 125 Å². The number of amides is 4. The van der Waals surface area contributed by atoms with Crippen molar-refractivity contribution in [2.45, 2.75) is 13.3 Å². The van der Waals surface area contributed by atoms with E-state index in [1.54, 1.807) is 104 Å². The molecule has 7 aromatic heterocycles. The lowest BCUT2D eigenvalue weighted by molar-refractivity contribution is 0.101. The van der Waals surface area contributed by atoms with Crippen molar-refractivity contribution in [1.82, 2.24) is 39.8 Å². The molecule has 103 heavy (non-hydrogen) atoms. The Morgan fingerprint density at radius 1 is 0.379 bits per heavy atom. The molecule has 522 valence electrons. The minimum atomic E-state index is -0.354. The molecule has 0 saturated carbocycles. The van der Waals surface area contributed by atoms with Gasteiger partial charge in [0.1, 0.15) is 16.8 Å². The molecule has 0 fully saturated rings. The molecule has 0 spiro atoms. The van der Waals surface area contributed by atoms with Gasteiger partial charge in [-0.3, -0.25) is 39.1 Å². The van der Waals surface area contributed by atoms with E-state index in [2.05, 4.69) is 78.6 Å². The maximum Gasteiger partial charge on any atom is 0.257 e. The summed E-state index contributed by atoms with van der Waals surface area (Å²) in [5, 5.41) is 29.2. The van der Waals surface area contributed by atoms with E-state index in [1.165, 1.54) is 30.1 Å². The highest BCUT2D eigenvalue weighted by atomic mass is 35.5. The van der Waals surface area contributed by atoms with Crippen LogP contribution in [0, 0.1) is 0 Å². The molecule has 0 aliphatic heterocycles. The molecule has 0 saturated heterocycles. The van der Waals surface area contributed by atoms with Gasteiger partial charge >= 0.3 is 0 Å². The van der Waals surface area contributed by atoms with Gasteiger partial charge in [-0.05, 0) is 184 Å². The van der Waals surface area contributed by atoms with Gasteiger partial charge in [0.25, 0.3) is 23.6 Å². The van der Waals surface area contributed by atoms with Crippen LogP contribution in [-0.4, -0.2) is 109 Å². The molecule has 0 unspecified atom stereocenters. The van der Waals surface area contributed by atoms with Crippen molar-refractivity contribution in [3.63, 3.8) is 0 Å². The van der Waals surface area contributed by atoms with Crippen LogP contribution in [-0.2, 0) is 6.42 Å². The van der Waals surface area contributed by atoms with E-state index in [9.17, 15) is 19.2 Å². The standard InChI is InChI=1S/C21H22ClN5O.C20H17ClN2O.C19H16Cl2N4O2.C17H10Cl3N3O/c1-27(2)12-11-24-20-9-6-15(14-25-20)21(28)26-16-7-8-18(22)17(13-16)19-5-3-4-10-23-19;1-2-14-6-8-15(9-7-14)20(24)23-16-10-11-18(21)17(13-16)19-5-3-4-12-22-19;20-15-5-4-13(10-14(15)17-3-1-2-6-22-17)25-19(27)12-9-16(21)18(24-11-12)23-7-8-26;18-13-5-4-11(8-12(13)15-3-1-2-6-21-15)23-17(24)10-7-14(19)16(20)22-9-10/h3-10,13-14H,11-12H2,1-2H3,(H,24,25)(H,26,28);3-13H,2H2,1H3,(H,23,24);1-6,9-11,26H,7-8H2,(H,23,24)(H,25,27);1-9H,(H,23,24). The fraction of sp³-hybridized carbons (Fsp3) is 0.104. The summed E-state index contributed by atoms with van der Waals surface area (Å²) in [6.45, 7) is 4.04. The van der Waals surface area contributed by atoms with Crippen LogP contribution in [0.3, 0.4) is 0 Å². The van der Waals surface area contributed by atoms with Crippen LogP contribution in [0.2, 0.25) is 35.3 Å². The molecule has 0 aliphatic carbocycles. The lowest BCUT2D eigenvalue weighted by atomic mass is 10.1. The van der Waals surface area contributed by atoms with E-state index in [0.717, 1.165) is 64.7 Å². The van der Waals surface area contributed by atoms with Crippen LogP contribution < -0.4 is 31.9 Å². The predicted octanol–water partition coefficient (Wildman–Crippen LogP) is 18.7. The summed E-state index contributed by atoms with van der Waals surface area (Å²) < 4.78 is 0. The number of nitrogens with one attached hydrogen (secondary N) is 6. The second kappa shape index (κ2) is 38.6. The summed E-state index contributed by atoms with van der Waals surface area (Å²) in [4.78, 5) is 81.3. The van der Waals surface area contributed by atoms with Crippen molar-refractivity contribution in [2.75, 3.05) is 72.2 Å². The van der Waals surface area contributed by atoms with Gasteiger partial charge in [-0.25, -0.2) is 15.0 Å². The van der Waals surface area contributed by atoms with Crippen LogP contribution in [0.15, 0.2) is 238 Å². The van der Waals surface area contributed by atoms with Crippen LogP contribution in [0.4, 0.5) is 34.4 Å². The van der Waals surface area contributed by atoms with Gasteiger partial charge in [0.15, 0.2) is 0 Å². The molecule has 26 heteroatoms. The normalized spacial score (nSPS) is 10.5. The van der Waals surface area contributed by atoms with Crippen LogP contribution in [0.5, 0.6) is 0 Å². The lowest BCUT2D eigenvalue weighted by Crippen LogP contribution is -2.21. The zero-order valence-corrected chi connectivity index (χ0v) is 60.6. The third kappa shape index (κ3) is 22.8. The molecule has 12 aromatic rings. The molecular formula is C77H65Cl7N14O5. The number of halogens is 7. The maximum absolute atomic E-state index is 12.5. The molecule has 7 heterocycles. The fourth-order valence-corrected chi connectivity index (χ4v) is 10.8. The Kier molecular flexibility index (Phi) is 28.7. The van der Waals surface area contributed by atoms with Crippen molar-refractivity contribution in [3.8, 4) is 45.0 Å². The Balaban J connectivity index is 0.000000160.